The second-order valence-electron chi connectivity index (χ2n) is 7.28. The third kappa shape index (κ3) is 3.43. The Kier molecular flexibility index (Phi) is 4.52. The van der Waals surface area contributed by atoms with E-state index in [9.17, 15) is 8.78 Å². The Morgan fingerprint density at radius 1 is 1.04 bits per heavy atom. The van der Waals surface area contributed by atoms with E-state index in [1.165, 1.54) is 18.5 Å². The van der Waals surface area contributed by atoms with Gasteiger partial charge in [-0.1, -0.05) is 12.1 Å². The van der Waals surface area contributed by atoms with Crippen LogP contribution in [0.2, 0.25) is 0 Å². The molecule has 5 nitrogen and oxygen atoms in total. The molecule has 1 aliphatic heterocycles. The van der Waals surface area contributed by atoms with E-state index in [-0.39, 0.29) is 29.9 Å². The number of piperidine rings is 1. The Hall–Kier alpha value is -1.86. The van der Waals surface area contributed by atoms with Crippen LogP contribution in [0.5, 0.6) is 0 Å². The minimum atomic E-state index is -0.884. The van der Waals surface area contributed by atoms with Gasteiger partial charge in [-0.3, -0.25) is 4.90 Å². The molecule has 0 spiro atoms. The summed E-state index contributed by atoms with van der Waals surface area (Å²) in [7, 11) is 0. The number of nitrogens with zero attached hydrogens (tertiary/aromatic N) is 4. The van der Waals surface area contributed by atoms with Gasteiger partial charge in [0, 0.05) is 25.2 Å². The first kappa shape index (κ1) is 16.6. The summed E-state index contributed by atoms with van der Waals surface area (Å²) in [5.41, 5.74) is 7.17. The lowest BCUT2D eigenvalue weighted by atomic mass is 9.96. The number of halogens is 2. The number of aromatic nitrogens is 3. The molecule has 2 aromatic rings. The summed E-state index contributed by atoms with van der Waals surface area (Å²) >= 11 is 0. The van der Waals surface area contributed by atoms with Crippen molar-refractivity contribution in [2.24, 2.45) is 5.73 Å². The first-order chi connectivity index (χ1) is 12.1. The van der Waals surface area contributed by atoms with E-state index in [0.717, 1.165) is 18.4 Å². The smallest absolute Gasteiger partial charge is 0.137 e. The minimum absolute atomic E-state index is 0.120. The quantitative estimate of drug-likeness (QED) is 0.925. The lowest BCUT2D eigenvalue weighted by Crippen LogP contribution is -2.53. The Balaban J connectivity index is 1.59. The van der Waals surface area contributed by atoms with Gasteiger partial charge in [-0.15, -0.1) is 0 Å². The van der Waals surface area contributed by atoms with Crippen LogP contribution in [-0.2, 0) is 0 Å². The molecular weight excluding hydrogens is 324 g/mol. The molecule has 1 aromatic heterocycles. The number of likely N-dealkylation sites (tertiary alicyclic amines) is 1. The highest BCUT2D eigenvalue weighted by Gasteiger charge is 2.42. The molecule has 2 fully saturated rings. The molecule has 0 amide bonds. The number of alkyl halides is 1. The monoisotopic (exact) mass is 347 g/mol. The van der Waals surface area contributed by atoms with Crippen LogP contribution in [-0.4, -0.2) is 51.0 Å². The zero-order valence-electron chi connectivity index (χ0n) is 14.0. The molecule has 4 rings (SSSR count). The SMILES string of the molecule is NC1CC(F)CN([C@H]2C[C@@H](c3ccc(F)cc3)C[C@@H]2n2cncn2)C1. The van der Waals surface area contributed by atoms with Crippen LogP contribution >= 0.6 is 0 Å². The van der Waals surface area contributed by atoms with Crippen molar-refractivity contribution in [1.82, 2.24) is 19.7 Å². The largest absolute Gasteiger partial charge is 0.326 e. The minimum Gasteiger partial charge on any atom is -0.326 e. The molecule has 1 aromatic carbocycles. The first-order valence-corrected chi connectivity index (χ1v) is 8.83. The normalized spacial score (nSPS) is 33.6. The topological polar surface area (TPSA) is 60.0 Å². The molecule has 2 heterocycles. The van der Waals surface area contributed by atoms with Crippen LogP contribution in [0, 0.1) is 5.82 Å². The highest BCUT2D eigenvalue weighted by atomic mass is 19.1. The number of rotatable bonds is 3. The maximum Gasteiger partial charge on any atom is 0.137 e. The summed E-state index contributed by atoms with van der Waals surface area (Å²) in [6.45, 7) is 1.12. The summed E-state index contributed by atoms with van der Waals surface area (Å²) < 4.78 is 29.2. The Bertz CT molecular complexity index is 680. The lowest BCUT2D eigenvalue weighted by Gasteiger charge is -2.39. The number of hydrogen-bond acceptors (Lipinski definition) is 4. The molecular formula is C18H23F2N5. The maximum atomic E-state index is 14.1. The third-order valence-electron chi connectivity index (χ3n) is 5.54. The van der Waals surface area contributed by atoms with Gasteiger partial charge >= 0.3 is 0 Å². The van der Waals surface area contributed by atoms with Crippen molar-refractivity contribution in [3.63, 3.8) is 0 Å². The van der Waals surface area contributed by atoms with Crippen LogP contribution in [0.25, 0.3) is 0 Å². The van der Waals surface area contributed by atoms with Gasteiger partial charge in [-0.25, -0.2) is 18.4 Å². The average molecular weight is 347 g/mol. The predicted octanol–water partition coefficient (Wildman–Crippen LogP) is 2.28. The van der Waals surface area contributed by atoms with Crippen molar-refractivity contribution in [2.45, 2.75) is 49.5 Å². The fourth-order valence-electron chi connectivity index (χ4n) is 4.44. The van der Waals surface area contributed by atoms with E-state index < -0.39 is 6.17 Å². The Labute approximate surface area is 145 Å². The van der Waals surface area contributed by atoms with Crippen LogP contribution in [0.4, 0.5) is 8.78 Å². The molecule has 5 atom stereocenters. The highest BCUT2D eigenvalue weighted by molar-refractivity contribution is 5.23. The van der Waals surface area contributed by atoms with E-state index in [1.54, 1.807) is 6.33 Å². The molecule has 2 aliphatic rings. The third-order valence-corrected chi connectivity index (χ3v) is 5.54. The van der Waals surface area contributed by atoms with Crippen molar-refractivity contribution < 1.29 is 8.78 Å². The van der Waals surface area contributed by atoms with Gasteiger partial charge in [-0.05, 0) is 42.9 Å². The number of benzene rings is 1. The zero-order valence-corrected chi connectivity index (χ0v) is 14.0. The van der Waals surface area contributed by atoms with Crippen molar-refractivity contribution in [3.8, 4) is 0 Å². The Morgan fingerprint density at radius 2 is 1.80 bits per heavy atom. The van der Waals surface area contributed by atoms with E-state index in [4.69, 9.17) is 5.73 Å². The second-order valence-corrected chi connectivity index (χ2v) is 7.28. The molecule has 25 heavy (non-hydrogen) atoms. The summed E-state index contributed by atoms with van der Waals surface area (Å²) in [4.78, 5) is 6.25. The second kappa shape index (κ2) is 6.80. The molecule has 1 aliphatic carbocycles. The highest BCUT2D eigenvalue weighted by Crippen LogP contribution is 2.43. The van der Waals surface area contributed by atoms with E-state index in [2.05, 4.69) is 15.0 Å². The van der Waals surface area contributed by atoms with E-state index in [0.29, 0.717) is 19.5 Å². The maximum absolute atomic E-state index is 14.1. The van der Waals surface area contributed by atoms with Gasteiger partial charge in [0.2, 0.25) is 0 Å². The molecule has 0 bridgehead atoms. The molecule has 7 heteroatoms. The molecule has 2 N–H and O–H groups in total. The molecule has 0 radical (unpaired) electrons. The Morgan fingerprint density at radius 3 is 2.48 bits per heavy atom. The lowest BCUT2D eigenvalue weighted by molar-refractivity contribution is 0.0690. The van der Waals surface area contributed by atoms with Gasteiger partial charge in [0.1, 0.15) is 24.6 Å². The molecule has 1 saturated carbocycles. The fraction of sp³-hybridized carbons (Fsp3) is 0.556. The average Bonchev–Trinajstić information content (AvgIpc) is 3.24. The summed E-state index contributed by atoms with van der Waals surface area (Å²) in [5.74, 6) is 0.0596. The fourth-order valence-corrected chi connectivity index (χ4v) is 4.44. The van der Waals surface area contributed by atoms with Crippen LogP contribution in [0.3, 0.4) is 0 Å². The van der Waals surface area contributed by atoms with E-state index in [1.807, 2.05) is 16.8 Å². The molecule has 134 valence electrons. The van der Waals surface area contributed by atoms with Gasteiger partial charge in [0.15, 0.2) is 0 Å². The summed E-state index contributed by atoms with van der Waals surface area (Å²) in [6, 6.07) is 6.84. The molecule has 2 unspecified atom stereocenters. The van der Waals surface area contributed by atoms with Crippen molar-refractivity contribution in [1.29, 1.82) is 0 Å². The van der Waals surface area contributed by atoms with Gasteiger partial charge in [0.25, 0.3) is 0 Å². The standard InChI is InChI=1S/C18H23F2N5/c19-14-3-1-12(2-4-14)13-5-17(18(6-13)25-11-22-10-23-25)24-8-15(20)7-16(21)9-24/h1-4,10-11,13,15-18H,5-9,21H2/t13-,15?,16?,17+,18+/m1/s1. The van der Waals surface area contributed by atoms with Gasteiger partial charge in [0.05, 0.1) is 6.04 Å². The molecule has 1 saturated heterocycles. The first-order valence-electron chi connectivity index (χ1n) is 8.83. The van der Waals surface area contributed by atoms with Crippen LogP contribution in [0.1, 0.15) is 36.8 Å². The van der Waals surface area contributed by atoms with Crippen molar-refractivity contribution in [2.75, 3.05) is 13.1 Å². The predicted molar refractivity (Wildman–Crippen MR) is 90.3 cm³/mol. The number of nitrogens with two attached hydrogens (primary N) is 1. The summed E-state index contributed by atoms with van der Waals surface area (Å²) in [5, 5.41) is 4.32. The number of hydrogen-bond donors (Lipinski definition) is 1. The zero-order chi connectivity index (χ0) is 17.4. The van der Waals surface area contributed by atoms with Gasteiger partial charge in [-0.2, -0.15) is 5.10 Å². The van der Waals surface area contributed by atoms with Crippen LogP contribution < -0.4 is 5.73 Å². The van der Waals surface area contributed by atoms with Crippen LogP contribution in [0.15, 0.2) is 36.9 Å². The van der Waals surface area contributed by atoms with Gasteiger partial charge < -0.3 is 5.73 Å². The van der Waals surface area contributed by atoms with Crippen molar-refractivity contribution in [3.05, 3.63) is 48.3 Å². The van der Waals surface area contributed by atoms with Crippen molar-refractivity contribution >= 4 is 0 Å². The summed E-state index contributed by atoms with van der Waals surface area (Å²) in [6.07, 6.45) is 4.56. The van der Waals surface area contributed by atoms with E-state index >= 15 is 0 Å².